The van der Waals surface area contributed by atoms with E-state index in [2.05, 4.69) is 19.9 Å². The van der Waals surface area contributed by atoms with Gasteiger partial charge >= 0.3 is 0 Å². The van der Waals surface area contributed by atoms with Gasteiger partial charge in [0.05, 0.1) is 16.6 Å². The molecule has 0 atom stereocenters. The fourth-order valence-corrected chi connectivity index (χ4v) is 4.53. The maximum absolute atomic E-state index is 12.7. The van der Waals surface area contributed by atoms with Crippen molar-refractivity contribution in [2.75, 3.05) is 0 Å². The predicted octanol–water partition coefficient (Wildman–Crippen LogP) is 2.62. The molecule has 3 heterocycles. The van der Waals surface area contributed by atoms with Crippen LogP contribution < -0.4 is 4.72 Å². The van der Waals surface area contributed by atoms with Crippen LogP contribution in [0.5, 0.6) is 0 Å². The number of hydrogen-bond donors (Lipinski definition) is 1. The number of fused-ring (bicyclic) bond motifs is 1. The van der Waals surface area contributed by atoms with Crippen molar-refractivity contribution in [3.05, 3.63) is 29.5 Å². The zero-order valence-electron chi connectivity index (χ0n) is 13.0. The van der Waals surface area contributed by atoms with E-state index in [4.69, 9.17) is 0 Å². The summed E-state index contributed by atoms with van der Waals surface area (Å²) in [4.78, 5) is 4.23. The van der Waals surface area contributed by atoms with Gasteiger partial charge < -0.3 is 0 Å². The van der Waals surface area contributed by atoms with Crippen LogP contribution in [-0.4, -0.2) is 33.5 Å². The highest BCUT2D eigenvalue weighted by Crippen LogP contribution is 2.36. The van der Waals surface area contributed by atoms with Crippen molar-refractivity contribution in [1.29, 1.82) is 0 Å². The fraction of sp³-hybridized carbons (Fsp3) is 0.357. The summed E-state index contributed by atoms with van der Waals surface area (Å²) >= 11 is 0.726. The van der Waals surface area contributed by atoms with E-state index in [0.717, 1.165) is 24.2 Å². The molecule has 25 heavy (non-hydrogen) atoms. The minimum absolute atomic E-state index is 0.0750. The number of halogens is 2. The van der Waals surface area contributed by atoms with E-state index in [-0.39, 0.29) is 15.7 Å². The summed E-state index contributed by atoms with van der Waals surface area (Å²) < 4.78 is 54.7. The fourth-order valence-electron chi connectivity index (χ4n) is 2.37. The van der Waals surface area contributed by atoms with Gasteiger partial charge in [0.2, 0.25) is 10.0 Å². The Kier molecular flexibility index (Phi) is 3.63. The molecule has 0 radical (unpaired) electrons. The summed E-state index contributed by atoms with van der Waals surface area (Å²) in [6, 6.07) is 3.09. The quantitative estimate of drug-likeness (QED) is 0.729. The van der Waals surface area contributed by atoms with Gasteiger partial charge in [-0.25, -0.2) is 26.9 Å². The summed E-state index contributed by atoms with van der Waals surface area (Å²) in [5.74, 6) is 0.272. The van der Waals surface area contributed by atoms with Gasteiger partial charge in [-0.2, -0.15) is 0 Å². The molecule has 0 bridgehead atoms. The molecule has 1 aliphatic rings. The molecule has 0 spiro atoms. The molecular formula is C14H13F2N5O2S2. The Hall–Kier alpha value is -1.98. The van der Waals surface area contributed by atoms with Crippen LogP contribution >= 0.6 is 11.3 Å². The summed E-state index contributed by atoms with van der Waals surface area (Å²) in [5, 5.41) is 6.97. The molecule has 132 valence electrons. The van der Waals surface area contributed by atoms with Crippen molar-refractivity contribution in [3.8, 4) is 10.8 Å². The van der Waals surface area contributed by atoms with Gasteiger partial charge in [0.25, 0.3) is 6.43 Å². The number of aromatic nitrogens is 4. The Morgan fingerprint density at radius 2 is 2.08 bits per heavy atom. The number of sulfonamides is 1. The zero-order valence-corrected chi connectivity index (χ0v) is 14.6. The summed E-state index contributed by atoms with van der Waals surface area (Å²) in [5.41, 5.74) is 0.233. The third-order valence-electron chi connectivity index (χ3n) is 4.01. The average Bonchev–Trinajstić information content (AvgIpc) is 2.99. The SMILES string of the molecule is CC1(NS(=O)(=O)c2ccc3cnc(-c4nnc(C(F)F)s4)n3c2)CC1. The van der Waals surface area contributed by atoms with Gasteiger partial charge in [0.15, 0.2) is 15.8 Å². The lowest BCUT2D eigenvalue weighted by Crippen LogP contribution is -2.34. The highest BCUT2D eigenvalue weighted by atomic mass is 32.2. The number of rotatable bonds is 5. The lowest BCUT2D eigenvalue weighted by atomic mass is 10.4. The Morgan fingerprint density at radius 1 is 1.32 bits per heavy atom. The predicted molar refractivity (Wildman–Crippen MR) is 87.0 cm³/mol. The van der Waals surface area contributed by atoms with Crippen LogP contribution in [0.2, 0.25) is 0 Å². The molecule has 0 saturated heterocycles. The molecule has 0 unspecified atom stereocenters. The van der Waals surface area contributed by atoms with Gasteiger partial charge in [-0.3, -0.25) is 4.40 Å². The Morgan fingerprint density at radius 3 is 2.72 bits per heavy atom. The molecule has 0 aromatic carbocycles. The van der Waals surface area contributed by atoms with Gasteiger partial charge in [-0.05, 0) is 31.9 Å². The lowest BCUT2D eigenvalue weighted by molar-refractivity contribution is 0.150. The topological polar surface area (TPSA) is 89.2 Å². The molecule has 1 aliphatic carbocycles. The van der Waals surface area contributed by atoms with Crippen LogP contribution in [-0.2, 0) is 10.0 Å². The van der Waals surface area contributed by atoms with E-state index in [0.29, 0.717) is 5.52 Å². The van der Waals surface area contributed by atoms with Crippen LogP contribution in [0.1, 0.15) is 31.2 Å². The van der Waals surface area contributed by atoms with Gasteiger partial charge in [0, 0.05) is 11.7 Å². The van der Waals surface area contributed by atoms with Crippen LogP contribution in [0, 0.1) is 0 Å². The van der Waals surface area contributed by atoms with E-state index in [1.165, 1.54) is 22.9 Å². The van der Waals surface area contributed by atoms with E-state index in [1.807, 2.05) is 6.92 Å². The van der Waals surface area contributed by atoms with Crippen molar-refractivity contribution in [1.82, 2.24) is 24.3 Å². The van der Waals surface area contributed by atoms with E-state index < -0.39 is 27.0 Å². The van der Waals surface area contributed by atoms with Crippen LogP contribution in [0.15, 0.2) is 29.4 Å². The molecule has 0 aliphatic heterocycles. The molecule has 11 heteroatoms. The number of imidazole rings is 1. The first-order chi connectivity index (χ1) is 11.8. The Bertz CT molecular complexity index is 1060. The van der Waals surface area contributed by atoms with E-state index >= 15 is 0 Å². The maximum atomic E-state index is 12.7. The first-order valence-corrected chi connectivity index (χ1v) is 9.70. The number of hydrogen-bond acceptors (Lipinski definition) is 6. The molecule has 3 aromatic heterocycles. The van der Waals surface area contributed by atoms with Crippen molar-refractivity contribution >= 4 is 26.9 Å². The molecular weight excluding hydrogens is 372 g/mol. The Labute approximate surface area is 145 Å². The number of pyridine rings is 1. The minimum atomic E-state index is -3.68. The lowest BCUT2D eigenvalue weighted by Gasteiger charge is -2.12. The van der Waals surface area contributed by atoms with Gasteiger partial charge in [0.1, 0.15) is 0 Å². The normalized spacial score (nSPS) is 16.6. The summed E-state index contributed by atoms with van der Waals surface area (Å²) in [7, 11) is -3.68. The van der Waals surface area contributed by atoms with Gasteiger partial charge in [-0.15, -0.1) is 10.2 Å². The van der Waals surface area contributed by atoms with Crippen LogP contribution in [0.4, 0.5) is 8.78 Å². The van der Waals surface area contributed by atoms with Crippen LogP contribution in [0.3, 0.4) is 0 Å². The average molecular weight is 385 g/mol. The molecule has 1 fully saturated rings. The molecule has 0 amide bonds. The maximum Gasteiger partial charge on any atom is 0.291 e. The third kappa shape index (κ3) is 3.02. The highest BCUT2D eigenvalue weighted by molar-refractivity contribution is 7.89. The van der Waals surface area contributed by atoms with Crippen molar-refractivity contribution in [2.45, 2.75) is 36.6 Å². The van der Waals surface area contributed by atoms with Gasteiger partial charge in [-0.1, -0.05) is 11.3 Å². The molecule has 1 N–H and O–H groups in total. The molecule has 7 nitrogen and oxygen atoms in total. The van der Waals surface area contributed by atoms with Crippen LogP contribution in [0.25, 0.3) is 16.3 Å². The first kappa shape index (κ1) is 16.5. The summed E-state index contributed by atoms with van der Waals surface area (Å²) in [6.45, 7) is 1.85. The first-order valence-electron chi connectivity index (χ1n) is 7.40. The highest BCUT2D eigenvalue weighted by Gasteiger charge is 2.41. The smallest absolute Gasteiger partial charge is 0.291 e. The number of nitrogens with zero attached hydrogens (tertiary/aromatic N) is 4. The number of nitrogens with one attached hydrogen (secondary N) is 1. The van der Waals surface area contributed by atoms with Crippen molar-refractivity contribution in [3.63, 3.8) is 0 Å². The van der Waals surface area contributed by atoms with Crippen molar-refractivity contribution < 1.29 is 17.2 Å². The van der Waals surface area contributed by atoms with E-state index in [9.17, 15) is 17.2 Å². The second-order valence-electron chi connectivity index (χ2n) is 6.15. The van der Waals surface area contributed by atoms with Crippen molar-refractivity contribution in [2.24, 2.45) is 0 Å². The summed E-state index contributed by atoms with van der Waals surface area (Å²) in [6.07, 6.45) is 1.81. The second kappa shape index (κ2) is 5.51. The molecule has 3 aromatic rings. The third-order valence-corrected chi connectivity index (χ3v) is 6.56. The van der Waals surface area contributed by atoms with E-state index in [1.54, 1.807) is 6.07 Å². The minimum Gasteiger partial charge on any atom is -0.296 e. The zero-order chi connectivity index (χ0) is 17.8. The standard InChI is InChI=1S/C14H13F2N5O2S2/c1-14(4-5-14)20-25(22,23)9-3-2-8-6-17-11(21(8)7-9)13-19-18-12(24-13)10(15)16/h2-3,6-7,10,20H,4-5H2,1H3. The monoisotopic (exact) mass is 385 g/mol. The Balaban J connectivity index is 1.77. The molecule has 1 saturated carbocycles. The number of alkyl halides is 2. The largest absolute Gasteiger partial charge is 0.296 e. The second-order valence-corrected chi connectivity index (χ2v) is 8.85. The molecule has 4 rings (SSSR count).